The van der Waals surface area contributed by atoms with Crippen LogP contribution in [-0.2, 0) is 25.1 Å². The van der Waals surface area contributed by atoms with E-state index in [1.807, 2.05) is 38.1 Å². The van der Waals surface area contributed by atoms with Gasteiger partial charge in [0.1, 0.15) is 11.4 Å². The summed E-state index contributed by atoms with van der Waals surface area (Å²) in [6.07, 6.45) is 0.595. The number of aliphatic hydroxyl groups is 1. The molecule has 44 heavy (non-hydrogen) atoms. The van der Waals surface area contributed by atoms with Crippen LogP contribution in [0.15, 0.2) is 76.0 Å². The number of Topliss-reactive ketones (excluding diaryl/α,β-unsaturated/α-hetero) is 1. The van der Waals surface area contributed by atoms with Gasteiger partial charge in [-0.25, -0.2) is 4.79 Å². The predicted octanol–water partition coefficient (Wildman–Crippen LogP) is 6.54. The third-order valence-corrected chi connectivity index (χ3v) is 8.90. The first-order chi connectivity index (χ1) is 20.8. The topological polar surface area (TPSA) is 93.8 Å². The highest BCUT2D eigenvalue weighted by atomic mass is 79.9. The van der Waals surface area contributed by atoms with Crippen molar-refractivity contribution in [1.82, 2.24) is 14.0 Å². The molecular formula is C34H35BrClN3O5. The molecule has 0 radical (unpaired) electrons. The maximum absolute atomic E-state index is 14.0. The van der Waals surface area contributed by atoms with Gasteiger partial charge in [0.25, 0.3) is 5.91 Å². The van der Waals surface area contributed by atoms with Crippen LogP contribution in [0.3, 0.4) is 0 Å². The predicted molar refractivity (Wildman–Crippen MR) is 174 cm³/mol. The fraction of sp³-hybridized carbons (Fsp3) is 0.324. The summed E-state index contributed by atoms with van der Waals surface area (Å²) in [4.78, 5) is 43.0. The number of halogens is 2. The molecule has 0 unspecified atom stereocenters. The Morgan fingerprint density at radius 1 is 1.02 bits per heavy atom. The number of carbonyl (C=O) groups is 2. The molecule has 1 N–H and O–H groups in total. The fourth-order valence-corrected chi connectivity index (χ4v) is 5.80. The van der Waals surface area contributed by atoms with Crippen LogP contribution in [0.25, 0.3) is 5.69 Å². The van der Waals surface area contributed by atoms with Gasteiger partial charge in [-0.3, -0.25) is 18.7 Å². The minimum atomic E-state index is -0.962. The molecule has 0 fully saturated rings. The maximum Gasteiger partial charge on any atom is 0.333 e. The number of ketones is 1. The minimum absolute atomic E-state index is 0.0100. The van der Waals surface area contributed by atoms with Crippen molar-refractivity contribution in [1.29, 1.82) is 0 Å². The lowest BCUT2D eigenvalue weighted by Crippen LogP contribution is -2.41. The van der Waals surface area contributed by atoms with Gasteiger partial charge in [-0.2, -0.15) is 0 Å². The number of fused-ring (bicyclic) bond motifs is 1. The van der Waals surface area contributed by atoms with Crippen molar-refractivity contribution in [2.75, 3.05) is 6.54 Å². The lowest BCUT2D eigenvalue weighted by atomic mass is 9.96. The van der Waals surface area contributed by atoms with E-state index in [0.29, 0.717) is 45.2 Å². The first-order valence-corrected chi connectivity index (χ1v) is 15.7. The second kappa shape index (κ2) is 12.8. The van der Waals surface area contributed by atoms with E-state index in [1.54, 1.807) is 65.8 Å². The van der Waals surface area contributed by atoms with Crippen LogP contribution in [0, 0.1) is 0 Å². The third kappa shape index (κ3) is 6.70. The number of amides is 1. The number of aromatic nitrogens is 2. The van der Waals surface area contributed by atoms with E-state index in [-0.39, 0.29) is 48.7 Å². The molecule has 1 amide bonds. The molecule has 8 nitrogen and oxygen atoms in total. The van der Waals surface area contributed by atoms with E-state index in [1.165, 1.54) is 4.57 Å². The number of benzene rings is 3. The molecule has 0 atom stereocenters. The van der Waals surface area contributed by atoms with Crippen molar-refractivity contribution in [3.63, 3.8) is 0 Å². The van der Waals surface area contributed by atoms with Crippen LogP contribution in [-0.4, -0.2) is 43.5 Å². The zero-order valence-corrected chi connectivity index (χ0v) is 27.5. The number of carbonyl (C=O) groups excluding carboxylic acids is 2. The van der Waals surface area contributed by atoms with Gasteiger partial charge in [-0.15, -0.1) is 0 Å². The van der Waals surface area contributed by atoms with Crippen molar-refractivity contribution in [3.8, 4) is 11.4 Å². The maximum atomic E-state index is 14.0. The van der Waals surface area contributed by atoms with E-state index < -0.39 is 5.60 Å². The summed E-state index contributed by atoms with van der Waals surface area (Å²) in [6.45, 7) is 7.99. The fourth-order valence-electron chi connectivity index (χ4n) is 5.37. The van der Waals surface area contributed by atoms with Gasteiger partial charge in [-0.05, 0) is 104 Å². The van der Waals surface area contributed by atoms with E-state index >= 15 is 0 Å². The number of nitrogens with zero attached hydrogens (tertiary/aromatic N) is 3. The summed E-state index contributed by atoms with van der Waals surface area (Å²) in [5, 5.41) is 10.7. The van der Waals surface area contributed by atoms with Crippen molar-refractivity contribution in [2.24, 2.45) is 0 Å². The van der Waals surface area contributed by atoms with Gasteiger partial charge in [0.2, 0.25) is 0 Å². The average molecular weight is 681 g/mol. The van der Waals surface area contributed by atoms with Gasteiger partial charge < -0.3 is 14.7 Å². The van der Waals surface area contributed by atoms with Gasteiger partial charge >= 0.3 is 5.69 Å². The smallest absolute Gasteiger partial charge is 0.333 e. The molecule has 2 heterocycles. The zero-order chi connectivity index (χ0) is 31.8. The number of rotatable bonds is 9. The van der Waals surface area contributed by atoms with Crippen LogP contribution >= 0.6 is 27.5 Å². The Morgan fingerprint density at radius 3 is 2.32 bits per heavy atom. The van der Waals surface area contributed by atoms with Crippen molar-refractivity contribution in [2.45, 2.75) is 65.3 Å². The molecule has 0 saturated carbocycles. The minimum Gasteiger partial charge on any atom is -0.491 e. The number of aryl methyl sites for hydroxylation is 1. The molecule has 10 heteroatoms. The van der Waals surface area contributed by atoms with E-state index in [9.17, 15) is 19.5 Å². The van der Waals surface area contributed by atoms with Crippen LogP contribution in [0.2, 0.25) is 5.02 Å². The van der Waals surface area contributed by atoms with Crippen LogP contribution in [0.5, 0.6) is 5.75 Å². The largest absolute Gasteiger partial charge is 0.491 e. The monoisotopic (exact) mass is 679 g/mol. The normalized spacial score (nSPS) is 13.2. The molecule has 0 saturated heterocycles. The molecule has 3 aromatic carbocycles. The lowest BCUT2D eigenvalue weighted by molar-refractivity contribution is 0.0706. The zero-order valence-electron chi connectivity index (χ0n) is 25.1. The van der Waals surface area contributed by atoms with Gasteiger partial charge in [-0.1, -0.05) is 35.9 Å². The Kier molecular flexibility index (Phi) is 9.20. The number of ether oxygens (including phenoxy) is 1. The molecule has 5 rings (SSSR count). The van der Waals surface area contributed by atoms with Crippen LogP contribution in [0.4, 0.5) is 0 Å². The van der Waals surface area contributed by atoms with Gasteiger partial charge in [0.05, 0.1) is 34.7 Å². The van der Waals surface area contributed by atoms with Crippen LogP contribution < -0.4 is 10.4 Å². The highest BCUT2D eigenvalue weighted by Gasteiger charge is 2.32. The van der Waals surface area contributed by atoms with Gasteiger partial charge in [0, 0.05) is 29.5 Å². The Morgan fingerprint density at radius 2 is 1.70 bits per heavy atom. The first kappa shape index (κ1) is 31.8. The molecule has 0 bridgehead atoms. The van der Waals surface area contributed by atoms with Crippen molar-refractivity contribution < 1.29 is 19.4 Å². The molecule has 230 valence electrons. The average Bonchev–Trinajstić information content (AvgIpc) is 3.28. The standard InChI is InChI=1S/C34H35BrClN3O5/c1-21(2)44-26-13-11-25(12-14-26)39-31(30(40)16-7-22-5-9-24(10-6-22)34(3,4)43)29-20-37(17-18-38(29)33(39)42)32(41)23-8-15-27(35)28(36)19-23/h5-6,8-15,19,21,43H,7,16-18,20H2,1-4H3. The van der Waals surface area contributed by atoms with E-state index in [4.69, 9.17) is 16.3 Å². The first-order valence-electron chi connectivity index (χ1n) is 14.5. The molecular weight excluding hydrogens is 646 g/mol. The molecule has 0 spiro atoms. The molecule has 1 aromatic heterocycles. The number of hydrogen-bond acceptors (Lipinski definition) is 5. The summed E-state index contributed by atoms with van der Waals surface area (Å²) < 4.78 is 9.52. The Labute approximate surface area is 270 Å². The quantitative estimate of drug-likeness (QED) is 0.203. The summed E-state index contributed by atoms with van der Waals surface area (Å²) in [5.74, 6) is 0.227. The Balaban J connectivity index is 1.50. The summed E-state index contributed by atoms with van der Waals surface area (Å²) in [7, 11) is 0. The van der Waals surface area contributed by atoms with Crippen molar-refractivity contribution >= 4 is 39.2 Å². The lowest BCUT2D eigenvalue weighted by Gasteiger charge is -2.28. The SMILES string of the molecule is CC(C)Oc1ccc(-n2c(C(=O)CCc3ccc(C(C)(C)O)cc3)c3n(c2=O)CCN(C(=O)c2ccc(Br)c(Cl)c2)C3)cc1. The highest BCUT2D eigenvalue weighted by Crippen LogP contribution is 2.27. The number of imidazole rings is 1. The second-order valence-corrected chi connectivity index (χ2v) is 13.0. The summed E-state index contributed by atoms with van der Waals surface area (Å²) in [5.41, 5.74) is 2.18. The molecule has 4 aromatic rings. The van der Waals surface area contributed by atoms with E-state index in [0.717, 1.165) is 11.1 Å². The Hall–Kier alpha value is -3.66. The van der Waals surface area contributed by atoms with E-state index in [2.05, 4.69) is 15.9 Å². The summed E-state index contributed by atoms with van der Waals surface area (Å²) in [6, 6.07) is 19.6. The summed E-state index contributed by atoms with van der Waals surface area (Å²) >= 11 is 9.62. The van der Waals surface area contributed by atoms with Crippen LogP contribution in [0.1, 0.15) is 71.8 Å². The second-order valence-electron chi connectivity index (χ2n) is 11.8. The third-order valence-electron chi connectivity index (χ3n) is 7.66. The van der Waals surface area contributed by atoms with Crippen molar-refractivity contribution in [3.05, 3.63) is 115 Å². The highest BCUT2D eigenvalue weighted by molar-refractivity contribution is 9.10. The molecule has 1 aliphatic rings. The molecule has 1 aliphatic heterocycles. The van der Waals surface area contributed by atoms with Gasteiger partial charge in [0.15, 0.2) is 5.78 Å². The molecule has 0 aliphatic carbocycles. The number of hydrogen-bond donors (Lipinski definition) is 1. The Bertz CT molecular complexity index is 1750.